The summed E-state index contributed by atoms with van der Waals surface area (Å²) < 4.78 is 0. The normalized spacial score (nSPS) is 12.2. The Bertz CT molecular complexity index is 547. The number of hydrogen-bond acceptors (Lipinski definition) is 4. The Morgan fingerprint density at radius 1 is 1.05 bits per heavy atom. The molecule has 0 spiro atoms. The number of phenolic OH excluding ortho intramolecular Hbond substituents is 2. The molecule has 0 saturated carbocycles. The van der Waals surface area contributed by atoms with Gasteiger partial charge in [-0.15, -0.1) is 0 Å². The van der Waals surface area contributed by atoms with Gasteiger partial charge in [0.15, 0.2) is 0 Å². The Labute approximate surface area is 109 Å². The number of hydrogen-bond donors (Lipinski definition) is 4. The summed E-state index contributed by atoms with van der Waals surface area (Å²) in [6, 6.07) is 0. The molecule has 0 heterocycles. The maximum absolute atomic E-state index is 11.1. The highest BCUT2D eigenvalue weighted by molar-refractivity contribution is 5.81. The zero-order valence-corrected chi connectivity index (χ0v) is 10.9. The van der Waals surface area contributed by atoms with E-state index in [1.807, 2.05) is 0 Å². The van der Waals surface area contributed by atoms with Crippen LogP contribution >= 0.6 is 0 Å². The van der Waals surface area contributed by atoms with Gasteiger partial charge in [0, 0.05) is 11.1 Å². The maximum Gasteiger partial charge on any atom is 0.310 e. The number of aromatic hydroxyl groups is 2. The molecule has 1 atom stereocenters. The van der Waals surface area contributed by atoms with Gasteiger partial charge in [-0.1, -0.05) is 0 Å². The highest BCUT2D eigenvalue weighted by atomic mass is 16.4. The highest BCUT2D eigenvalue weighted by Gasteiger charge is 2.27. The molecule has 1 rings (SSSR count). The zero-order valence-electron chi connectivity index (χ0n) is 10.9. The van der Waals surface area contributed by atoms with E-state index in [1.54, 1.807) is 0 Å². The summed E-state index contributed by atoms with van der Waals surface area (Å²) in [5.74, 6) is -4.08. The van der Waals surface area contributed by atoms with Crippen LogP contribution < -0.4 is 0 Å². The molecule has 6 heteroatoms. The van der Waals surface area contributed by atoms with E-state index in [9.17, 15) is 19.8 Å². The van der Waals surface area contributed by atoms with Gasteiger partial charge < -0.3 is 20.4 Å². The molecule has 0 bridgehead atoms. The molecule has 0 aliphatic rings. The smallest absolute Gasteiger partial charge is 0.310 e. The monoisotopic (exact) mass is 268 g/mol. The second kappa shape index (κ2) is 5.17. The van der Waals surface area contributed by atoms with E-state index in [1.165, 1.54) is 20.8 Å². The molecule has 6 nitrogen and oxygen atoms in total. The molecule has 19 heavy (non-hydrogen) atoms. The van der Waals surface area contributed by atoms with Gasteiger partial charge >= 0.3 is 11.9 Å². The van der Waals surface area contributed by atoms with E-state index in [0.29, 0.717) is 11.1 Å². The number of phenols is 2. The number of carboxylic acid groups (broad SMARTS) is 2. The van der Waals surface area contributed by atoms with Gasteiger partial charge in [-0.25, -0.2) is 0 Å². The summed E-state index contributed by atoms with van der Waals surface area (Å²) in [6.45, 7) is 4.40. The molecule has 104 valence electrons. The quantitative estimate of drug-likeness (QED) is 0.615. The van der Waals surface area contributed by atoms with Gasteiger partial charge in [0.1, 0.15) is 11.5 Å². The van der Waals surface area contributed by atoms with Crippen LogP contribution in [0, 0.1) is 13.8 Å². The predicted molar refractivity (Wildman–Crippen MR) is 66.6 cm³/mol. The van der Waals surface area contributed by atoms with E-state index in [0.717, 1.165) is 0 Å². The van der Waals surface area contributed by atoms with Crippen molar-refractivity contribution in [3.63, 3.8) is 0 Å². The highest BCUT2D eigenvalue weighted by Crippen LogP contribution is 2.41. The Morgan fingerprint density at radius 2 is 1.53 bits per heavy atom. The van der Waals surface area contributed by atoms with Gasteiger partial charge in [-0.2, -0.15) is 0 Å². The Morgan fingerprint density at radius 3 is 1.95 bits per heavy atom. The molecular formula is C13H16O6. The van der Waals surface area contributed by atoms with Crippen molar-refractivity contribution in [1.29, 1.82) is 0 Å². The van der Waals surface area contributed by atoms with Crippen LogP contribution in [-0.4, -0.2) is 32.4 Å². The number of carboxylic acids is 2. The van der Waals surface area contributed by atoms with Crippen molar-refractivity contribution in [3.8, 4) is 11.5 Å². The molecule has 4 N–H and O–H groups in total. The second-order valence-electron chi connectivity index (χ2n) is 4.47. The van der Waals surface area contributed by atoms with Crippen molar-refractivity contribution in [2.75, 3.05) is 0 Å². The first-order chi connectivity index (χ1) is 8.68. The lowest BCUT2D eigenvalue weighted by molar-refractivity contribution is -0.139. The van der Waals surface area contributed by atoms with Gasteiger partial charge in [0.05, 0.1) is 12.3 Å². The third kappa shape index (κ3) is 2.62. The summed E-state index contributed by atoms with van der Waals surface area (Å²) in [6.07, 6.45) is -0.548. The van der Waals surface area contributed by atoms with Crippen molar-refractivity contribution in [1.82, 2.24) is 0 Å². The number of carbonyl (C=O) groups is 2. The predicted octanol–water partition coefficient (Wildman–Crippen LogP) is 1.53. The standard InChI is InChI=1S/C13H16O6/c1-5-6(2)12(17)10(7(3)13(18)19)8(11(5)16)4-9(14)15/h7,16-17H,4H2,1-3H3,(H,14,15)(H,18,19). The van der Waals surface area contributed by atoms with Crippen LogP contribution in [0.5, 0.6) is 11.5 Å². The zero-order chi connectivity index (χ0) is 14.9. The third-order valence-electron chi connectivity index (χ3n) is 3.27. The van der Waals surface area contributed by atoms with Gasteiger partial charge in [0.25, 0.3) is 0 Å². The fourth-order valence-electron chi connectivity index (χ4n) is 1.97. The molecule has 0 saturated heterocycles. The van der Waals surface area contributed by atoms with Crippen LogP contribution in [0.25, 0.3) is 0 Å². The van der Waals surface area contributed by atoms with Crippen LogP contribution in [0.2, 0.25) is 0 Å². The molecule has 0 amide bonds. The van der Waals surface area contributed by atoms with Gasteiger partial charge in [-0.3, -0.25) is 9.59 Å². The van der Waals surface area contributed by atoms with Gasteiger partial charge in [-0.05, 0) is 31.9 Å². The summed E-state index contributed by atoms with van der Waals surface area (Å²) in [5, 5.41) is 37.9. The Balaban J connectivity index is 3.66. The lowest BCUT2D eigenvalue weighted by Gasteiger charge is -2.19. The minimum absolute atomic E-state index is 0.0458. The van der Waals surface area contributed by atoms with Crippen LogP contribution in [0.4, 0.5) is 0 Å². The van der Waals surface area contributed by atoms with Crippen LogP contribution in [0.1, 0.15) is 35.1 Å². The van der Waals surface area contributed by atoms with Crippen LogP contribution in [-0.2, 0) is 16.0 Å². The van der Waals surface area contributed by atoms with Crippen LogP contribution in [0.3, 0.4) is 0 Å². The van der Waals surface area contributed by atoms with Crippen molar-refractivity contribution < 1.29 is 30.0 Å². The average Bonchev–Trinajstić information content (AvgIpc) is 2.32. The van der Waals surface area contributed by atoms with Crippen LogP contribution in [0.15, 0.2) is 0 Å². The lowest BCUT2D eigenvalue weighted by Crippen LogP contribution is -2.14. The minimum Gasteiger partial charge on any atom is -0.507 e. The molecular weight excluding hydrogens is 252 g/mol. The summed E-state index contributed by atoms with van der Waals surface area (Å²) in [4.78, 5) is 21.9. The number of aliphatic carboxylic acids is 2. The largest absolute Gasteiger partial charge is 0.507 e. The molecule has 1 aromatic carbocycles. The fraction of sp³-hybridized carbons (Fsp3) is 0.385. The van der Waals surface area contributed by atoms with Crippen molar-refractivity contribution in [3.05, 3.63) is 22.3 Å². The fourth-order valence-corrected chi connectivity index (χ4v) is 1.97. The lowest BCUT2D eigenvalue weighted by atomic mass is 9.88. The average molecular weight is 268 g/mol. The Hall–Kier alpha value is -2.24. The van der Waals surface area contributed by atoms with Crippen molar-refractivity contribution in [2.45, 2.75) is 33.1 Å². The molecule has 0 aliphatic heterocycles. The number of rotatable bonds is 4. The van der Waals surface area contributed by atoms with E-state index in [2.05, 4.69) is 0 Å². The first-order valence-electron chi connectivity index (χ1n) is 5.66. The maximum atomic E-state index is 11.1. The second-order valence-corrected chi connectivity index (χ2v) is 4.47. The van der Waals surface area contributed by atoms with E-state index >= 15 is 0 Å². The number of benzene rings is 1. The van der Waals surface area contributed by atoms with Gasteiger partial charge in [0.2, 0.25) is 0 Å². The molecule has 0 radical (unpaired) electrons. The minimum atomic E-state index is -1.21. The third-order valence-corrected chi connectivity index (χ3v) is 3.27. The first kappa shape index (κ1) is 14.8. The summed E-state index contributed by atoms with van der Waals surface area (Å²) >= 11 is 0. The van der Waals surface area contributed by atoms with Crippen molar-refractivity contribution >= 4 is 11.9 Å². The molecule has 0 aliphatic carbocycles. The Kier molecular flexibility index (Phi) is 4.04. The molecule has 0 fully saturated rings. The topological polar surface area (TPSA) is 115 Å². The summed E-state index contributed by atoms with van der Waals surface area (Å²) in [7, 11) is 0. The van der Waals surface area contributed by atoms with E-state index < -0.39 is 24.3 Å². The molecule has 0 aromatic heterocycles. The molecule has 1 aromatic rings. The molecule has 1 unspecified atom stereocenters. The van der Waals surface area contributed by atoms with E-state index in [-0.39, 0.29) is 22.6 Å². The van der Waals surface area contributed by atoms with E-state index in [4.69, 9.17) is 10.2 Å². The first-order valence-corrected chi connectivity index (χ1v) is 5.66. The summed E-state index contributed by atoms with van der Waals surface area (Å²) in [5.41, 5.74) is 0.586. The SMILES string of the molecule is Cc1c(C)c(O)c(C(C)C(=O)O)c(CC(=O)O)c1O. The van der Waals surface area contributed by atoms with Crippen molar-refractivity contribution in [2.24, 2.45) is 0 Å².